The van der Waals surface area contributed by atoms with Gasteiger partial charge >= 0.3 is 5.97 Å². The molecular weight excluding hydrogens is 220 g/mol. The van der Waals surface area contributed by atoms with E-state index in [1.165, 1.54) is 7.11 Å². The van der Waals surface area contributed by atoms with Crippen molar-refractivity contribution in [2.24, 2.45) is 11.7 Å². The fraction of sp³-hybridized carbons (Fsp3) is 0.833. The van der Waals surface area contributed by atoms with Crippen LogP contribution in [0.3, 0.4) is 0 Å². The van der Waals surface area contributed by atoms with Gasteiger partial charge in [-0.2, -0.15) is 0 Å². The summed E-state index contributed by atoms with van der Waals surface area (Å²) < 4.78 is 4.50. The average molecular weight is 242 g/mol. The molecule has 0 spiro atoms. The molecule has 0 aliphatic heterocycles. The minimum absolute atomic E-state index is 0.0430. The first kappa shape index (κ1) is 14.0. The van der Waals surface area contributed by atoms with E-state index in [2.05, 4.69) is 10.1 Å². The van der Waals surface area contributed by atoms with E-state index < -0.39 is 5.54 Å². The van der Waals surface area contributed by atoms with E-state index in [9.17, 15) is 9.59 Å². The van der Waals surface area contributed by atoms with E-state index in [1.807, 2.05) is 6.92 Å². The van der Waals surface area contributed by atoms with Crippen LogP contribution < -0.4 is 11.1 Å². The molecule has 1 rings (SSSR count). The molecule has 5 heteroatoms. The summed E-state index contributed by atoms with van der Waals surface area (Å²) in [4.78, 5) is 22.8. The highest BCUT2D eigenvalue weighted by Crippen LogP contribution is 2.31. The SMILES string of the molecule is COC(=O)CCNC(=O)C1CCCCC1(C)N. The Bertz CT molecular complexity index is 289. The summed E-state index contributed by atoms with van der Waals surface area (Å²) in [5, 5.41) is 2.75. The van der Waals surface area contributed by atoms with E-state index in [4.69, 9.17) is 5.73 Å². The quantitative estimate of drug-likeness (QED) is 0.706. The van der Waals surface area contributed by atoms with Crippen molar-refractivity contribution >= 4 is 11.9 Å². The Morgan fingerprint density at radius 2 is 2.18 bits per heavy atom. The highest BCUT2D eigenvalue weighted by atomic mass is 16.5. The maximum absolute atomic E-state index is 11.9. The third-order valence-electron chi connectivity index (χ3n) is 3.43. The Morgan fingerprint density at radius 1 is 1.47 bits per heavy atom. The number of amides is 1. The van der Waals surface area contributed by atoms with Gasteiger partial charge in [-0.25, -0.2) is 0 Å². The van der Waals surface area contributed by atoms with E-state index in [1.54, 1.807) is 0 Å². The molecule has 17 heavy (non-hydrogen) atoms. The van der Waals surface area contributed by atoms with Crippen molar-refractivity contribution in [3.63, 3.8) is 0 Å². The average Bonchev–Trinajstić information content (AvgIpc) is 2.27. The number of hydrogen-bond donors (Lipinski definition) is 2. The van der Waals surface area contributed by atoms with Gasteiger partial charge < -0.3 is 15.8 Å². The van der Waals surface area contributed by atoms with E-state index in [-0.39, 0.29) is 24.2 Å². The number of nitrogens with one attached hydrogen (secondary N) is 1. The molecule has 2 unspecified atom stereocenters. The number of carbonyl (C=O) groups is 2. The van der Waals surface area contributed by atoms with Crippen LogP contribution in [0.5, 0.6) is 0 Å². The summed E-state index contributed by atoms with van der Waals surface area (Å²) >= 11 is 0. The van der Waals surface area contributed by atoms with Crippen LogP contribution in [0, 0.1) is 5.92 Å². The van der Waals surface area contributed by atoms with Gasteiger partial charge in [0.25, 0.3) is 0 Å². The summed E-state index contributed by atoms with van der Waals surface area (Å²) in [5.41, 5.74) is 5.71. The molecule has 0 aromatic carbocycles. The second-order valence-electron chi connectivity index (χ2n) is 4.92. The molecule has 2 atom stereocenters. The van der Waals surface area contributed by atoms with E-state index >= 15 is 0 Å². The van der Waals surface area contributed by atoms with Crippen molar-refractivity contribution in [2.45, 2.75) is 44.6 Å². The Labute approximate surface area is 102 Å². The Morgan fingerprint density at radius 3 is 2.76 bits per heavy atom. The molecule has 1 amide bonds. The number of carbonyl (C=O) groups excluding carboxylic acids is 2. The lowest BCUT2D eigenvalue weighted by Gasteiger charge is -2.37. The zero-order valence-corrected chi connectivity index (χ0v) is 10.6. The number of hydrogen-bond acceptors (Lipinski definition) is 4. The summed E-state index contributed by atoms with van der Waals surface area (Å²) in [6.45, 7) is 2.24. The predicted molar refractivity (Wildman–Crippen MR) is 64.2 cm³/mol. The first-order valence-electron chi connectivity index (χ1n) is 6.11. The van der Waals surface area contributed by atoms with Crippen molar-refractivity contribution in [1.82, 2.24) is 5.32 Å². The van der Waals surface area contributed by atoms with Crippen molar-refractivity contribution in [3.8, 4) is 0 Å². The molecule has 0 radical (unpaired) electrons. The Hall–Kier alpha value is -1.10. The largest absolute Gasteiger partial charge is 0.469 e. The summed E-state index contributed by atoms with van der Waals surface area (Å²) in [6.07, 6.45) is 4.04. The van der Waals surface area contributed by atoms with E-state index in [0.29, 0.717) is 6.54 Å². The van der Waals surface area contributed by atoms with Gasteiger partial charge in [-0.1, -0.05) is 12.8 Å². The van der Waals surface area contributed by atoms with Gasteiger partial charge in [0.1, 0.15) is 0 Å². The molecule has 1 aliphatic carbocycles. The lowest BCUT2D eigenvalue weighted by molar-refractivity contribution is -0.140. The van der Waals surface area contributed by atoms with Crippen molar-refractivity contribution in [3.05, 3.63) is 0 Å². The fourth-order valence-electron chi connectivity index (χ4n) is 2.30. The minimum Gasteiger partial charge on any atom is -0.469 e. The number of nitrogens with two attached hydrogens (primary N) is 1. The van der Waals surface area contributed by atoms with Crippen LogP contribution >= 0.6 is 0 Å². The summed E-state index contributed by atoms with van der Waals surface area (Å²) in [5.74, 6) is -0.503. The normalized spacial score (nSPS) is 28.5. The number of rotatable bonds is 4. The molecule has 5 nitrogen and oxygen atoms in total. The first-order chi connectivity index (χ1) is 7.97. The van der Waals surface area contributed by atoms with Gasteiger partial charge in [-0.05, 0) is 19.8 Å². The third-order valence-corrected chi connectivity index (χ3v) is 3.43. The second kappa shape index (κ2) is 6.00. The van der Waals surface area contributed by atoms with Crippen LogP contribution in [0.2, 0.25) is 0 Å². The van der Waals surface area contributed by atoms with Gasteiger partial charge in [0.15, 0.2) is 0 Å². The molecular formula is C12H22N2O3. The molecule has 0 aromatic rings. The molecule has 0 aromatic heterocycles. The van der Waals surface area contributed by atoms with Crippen LogP contribution in [-0.2, 0) is 14.3 Å². The van der Waals surface area contributed by atoms with Crippen LogP contribution in [0.15, 0.2) is 0 Å². The van der Waals surface area contributed by atoms with Gasteiger partial charge in [0.05, 0.1) is 19.4 Å². The standard InChI is InChI=1S/C12H22N2O3/c1-12(13)7-4-3-5-9(12)11(16)14-8-6-10(15)17-2/h9H,3-8,13H2,1-2H3,(H,14,16). The molecule has 0 heterocycles. The Kier molecular flexibility index (Phi) is 4.93. The van der Waals surface area contributed by atoms with Crippen molar-refractivity contribution in [1.29, 1.82) is 0 Å². The van der Waals surface area contributed by atoms with Gasteiger partial charge in [-0.3, -0.25) is 9.59 Å². The topological polar surface area (TPSA) is 81.4 Å². The lowest BCUT2D eigenvalue weighted by Crippen LogP contribution is -2.53. The number of ether oxygens (including phenoxy) is 1. The number of esters is 1. The van der Waals surface area contributed by atoms with Crippen molar-refractivity contribution < 1.29 is 14.3 Å². The maximum Gasteiger partial charge on any atom is 0.307 e. The molecule has 3 N–H and O–H groups in total. The van der Waals surface area contributed by atoms with Crippen molar-refractivity contribution in [2.75, 3.05) is 13.7 Å². The summed E-state index contributed by atoms with van der Waals surface area (Å²) in [7, 11) is 1.34. The second-order valence-corrected chi connectivity index (χ2v) is 4.92. The van der Waals surface area contributed by atoms with E-state index in [0.717, 1.165) is 25.7 Å². The monoisotopic (exact) mass is 242 g/mol. The molecule has 0 bridgehead atoms. The Balaban J connectivity index is 2.38. The highest BCUT2D eigenvalue weighted by Gasteiger charge is 2.37. The third kappa shape index (κ3) is 4.00. The molecule has 1 fully saturated rings. The van der Waals surface area contributed by atoms with Crippen LogP contribution in [0.4, 0.5) is 0 Å². The van der Waals surface area contributed by atoms with Gasteiger partial charge in [0.2, 0.25) is 5.91 Å². The molecule has 1 aliphatic rings. The summed E-state index contributed by atoms with van der Waals surface area (Å²) in [6, 6.07) is 0. The highest BCUT2D eigenvalue weighted by molar-refractivity contribution is 5.80. The zero-order valence-electron chi connectivity index (χ0n) is 10.6. The predicted octanol–water partition coefficient (Wildman–Crippen LogP) is 0.573. The lowest BCUT2D eigenvalue weighted by atomic mass is 9.74. The smallest absolute Gasteiger partial charge is 0.307 e. The van der Waals surface area contributed by atoms with Crippen LogP contribution in [-0.4, -0.2) is 31.1 Å². The van der Waals surface area contributed by atoms with Crippen LogP contribution in [0.1, 0.15) is 39.0 Å². The first-order valence-corrected chi connectivity index (χ1v) is 6.11. The molecule has 98 valence electrons. The maximum atomic E-state index is 11.9. The van der Waals surface area contributed by atoms with Gasteiger partial charge in [0, 0.05) is 12.1 Å². The minimum atomic E-state index is -0.423. The zero-order chi connectivity index (χ0) is 12.9. The van der Waals surface area contributed by atoms with Crippen LogP contribution in [0.25, 0.3) is 0 Å². The fourth-order valence-corrected chi connectivity index (χ4v) is 2.30. The van der Waals surface area contributed by atoms with Gasteiger partial charge in [-0.15, -0.1) is 0 Å². The molecule has 1 saturated carbocycles. The number of methoxy groups -OCH3 is 1. The molecule has 0 saturated heterocycles.